The van der Waals surface area contributed by atoms with E-state index in [2.05, 4.69) is 5.32 Å². The van der Waals surface area contributed by atoms with Crippen LogP contribution in [-0.2, 0) is 11.0 Å². The number of carbonyl (C=O) groups excluding carboxylic acids is 1. The smallest absolute Gasteiger partial charge is 0.416 e. The Morgan fingerprint density at radius 3 is 2.61 bits per heavy atom. The fourth-order valence-corrected chi connectivity index (χ4v) is 3.24. The first kappa shape index (κ1) is 19.7. The van der Waals surface area contributed by atoms with Crippen LogP contribution in [0.5, 0.6) is 0 Å². The second-order valence-corrected chi connectivity index (χ2v) is 6.76. The highest BCUT2D eigenvalue weighted by Gasteiger charge is 2.30. The molecular weight excluding hydrogens is 369 g/mol. The molecule has 1 saturated carbocycles. The van der Waals surface area contributed by atoms with Crippen molar-refractivity contribution in [3.05, 3.63) is 53.3 Å². The molecule has 1 aliphatic rings. The van der Waals surface area contributed by atoms with E-state index in [4.69, 9.17) is 4.42 Å². The van der Waals surface area contributed by atoms with Crippen LogP contribution in [0, 0.1) is 11.3 Å². The third kappa shape index (κ3) is 4.83. The van der Waals surface area contributed by atoms with Crippen molar-refractivity contribution in [1.82, 2.24) is 5.32 Å². The summed E-state index contributed by atoms with van der Waals surface area (Å²) >= 11 is 0. The highest BCUT2D eigenvalue weighted by molar-refractivity contribution is 6.01. The fraction of sp³-hybridized carbons (Fsp3) is 0.333. The summed E-state index contributed by atoms with van der Waals surface area (Å²) in [4.78, 5) is 12.3. The predicted molar refractivity (Wildman–Crippen MR) is 97.8 cm³/mol. The molecule has 0 bridgehead atoms. The molecule has 0 atom stereocenters. The van der Waals surface area contributed by atoms with Crippen LogP contribution >= 0.6 is 0 Å². The van der Waals surface area contributed by atoms with Gasteiger partial charge in [-0.3, -0.25) is 4.79 Å². The van der Waals surface area contributed by atoms with Gasteiger partial charge in [-0.2, -0.15) is 18.4 Å². The van der Waals surface area contributed by atoms with Crippen molar-refractivity contribution in [3.8, 4) is 17.4 Å². The summed E-state index contributed by atoms with van der Waals surface area (Å²) in [5.74, 6) is -0.0171. The molecule has 28 heavy (non-hydrogen) atoms. The Hall–Kier alpha value is -3.01. The van der Waals surface area contributed by atoms with Crippen LogP contribution < -0.4 is 5.32 Å². The van der Waals surface area contributed by atoms with E-state index >= 15 is 0 Å². The van der Waals surface area contributed by atoms with Crippen molar-refractivity contribution in [2.24, 2.45) is 0 Å². The predicted octanol–water partition coefficient (Wildman–Crippen LogP) is 5.32. The standard InChI is InChI=1S/C21H19F3N2O2/c22-21(23,24)16-6-4-5-14(11-16)19-10-9-18(28-19)12-15(13-25)20(27)26-17-7-2-1-3-8-17/h4-6,9-12,17H,1-3,7-8H2,(H,26,27). The average molecular weight is 388 g/mol. The van der Waals surface area contributed by atoms with E-state index in [1.165, 1.54) is 30.3 Å². The van der Waals surface area contributed by atoms with Crippen molar-refractivity contribution < 1.29 is 22.4 Å². The molecule has 0 saturated heterocycles. The maximum Gasteiger partial charge on any atom is 0.416 e. The number of rotatable bonds is 4. The number of nitriles is 1. The first-order valence-corrected chi connectivity index (χ1v) is 9.07. The van der Waals surface area contributed by atoms with Crippen LogP contribution in [0.4, 0.5) is 13.2 Å². The zero-order valence-electron chi connectivity index (χ0n) is 15.1. The number of carbonyl (C=O) groups is 1. The molecule has 1 N–H and O–H groups in total. The van der Waals surface area contributed by atoms with Crippen molar-refractivity contribution in [2.75, 3.05) is 0 Å². The number of furan rings is 1. The van der Waals surface area contributed by atoms with Crippen molar-refractivity contribution in [2.45, 2.75) is 44.3 Å². The molecule has 0 unspecified atom stereocenters. The first-order valence-electron chi connectivity index (χ1n) is 9.07. The summed E-state index contributed by atoms with van der Waals surface area (Å²) in [7, 11) is 0. The van der Waals surface area contributed by atoms with Gasteiger partial charge in [0.15, 0.2) is 0 Å². The lowest BCUT2D eigenvalue weighted by Crippen LogP contribution is -2.36. The van der Waals surface area contributed by atoms with Crippen LogP contribution in [0.1, 0.15) is 43.4 Å². The zero-order valence-corrected chi connectivity index (χ0v) is 15.1. The third-order valence-corrected chi connectivity index (χ3v) is 4.69. The Morgan fingerprint density at radius 1 is 1.18 bits per heavy atom. The average Bonchev–Trinajstić information content (AvgIpc) is 3.15. The normalized spacial score (nSPS) is 15.9. The third-order valence-electron chi connectivity index (χ3n) is 4.69. The van der Waals surface area contributed by atoms with Gasteiger partial charge in [0.05, 0.1) is 5.56 Å². The van der Waals surface area contributed by atoms with Crippen LogP contribution in [-0.4, -0.2) is 11.9 Å². The molecule has 7 heteroatoms. The van der Waals surface area contributed by atoms with Gasteiger partial charge in [-0.25, -0.2) is 0 Å². The molecule has 2 aromatic rings. The minimum Gasteiger partial charge on any atom is -0.457 e. The summed E-state index contributed by atoms with van der Waals surface area (Å²) in [6, 6.07) is 9.73. The number of nitrogens with one attached hydrogen (secondary N) is 1. The second-order valence-electron chi connectivity index (χ2n) is 6.76. The molecule has 1 fully saturated rings. The van der Waals surface area contributed by atoms with E-state index in [1.807, 2.05) is 6.07 Å². The largest absolute Gasteiger partial charge is 0.457 e. The highest BCUT2D eigenvalue weighted by atomic mass is 19.4. The fourth-order valence-electron chi connectivity index (χ4n) is 3.24. The van der Waals surface area contributed by atoms with Crippen molar-refractivity contribution >= 4 is 12.0 Å². The maximum absolute atomic E-state index is 12.9. The highest BCUT2D eigenvalue weighted by Crippen LogP contribution is 2.32. The second kappa shape index (κ2) is 8.34. The lowest BCUT2D eigenvalue weighted by Gasteiger charge is -2.22. The Labute approximate surface area is 160 Å². The molecule has 1 amide bonds. The Bertz CT molecular complexity index is 916. The van der Waals surface area contributed by atoms with Crippen molar-refractivity contribution in [1.29, 1.82) is 5.26 Å². The molecule has 1 heterocycles. The molecule has 4 nitrogen and oxygen atoms in total. The molecule has 1 aromatic heterocycles. The monoisotopic (exact) mass is 388 g/mol. The van der Waals surface area contributed by atoms with Gasteiger partial charge < -0.3 is 9.73 Å². The molecule has 1 aliphatic carbocycles. The number of halogens is 3. The topological polar surface area (TPSA) is 66.0 Å². The summed E-state index contributed by atoms with van der Waals surface area (Å²) in [5.41, 5.74) is -0.613. The minimum atomic E-state index is -4.45. The van der Waals surface area contributed by atoms with E-state index in [9.17, 15) is 23.2 Å². The number of hydrogen-bond donors (Lipinski definition) is 1. The van der Waals surface area contributed by atoms with Crippen LogP contribution in [0.2, 0.25) is 0 Å². The Morgan fingerprint density at radius 2 is 1.93 bits per heavy atom. The molecule has 146 valence electrons. The summed E-state index contributed by atoms with van der Waals surface area (Å²) in [5, 5.41) is 12.1. The van der Waals surface area contributed by atoms with Crippen molar-refractivity contribution in [3.63, 3.8) is 0 Å². The number of alkyl halides is 3. The van der Waals surface area contributed by atoms with E-state index < -0.39 is 17.6 Å². The molecular formula is C21H19F3N2O2. The zero-order chi connectivity index (χ0) is 20.1. The minimum absolute atomic E-state index is 0.0651. The quantitative estimate of drug-likeness (QED) is 0.569. The lowest BCUT2D eigenvalue weighted by atomic mass is 9.95. The van der Waals surface area contributed by atoms with E-state index in [0.717, 1.165) is 44.2 Å². The number of amides is 1. The van der Waals surface area contributed by atoms with Gasteiger partial charge in [0, 0.05) is 17.7 Å². The van der Waals surface area contributed by atoms with Gasteiger partial charge in [0.1, 0.15) is 23.2 Å². The Balaban J connectivity index is 1.77. The van der Waals surface area contributed by atoms with Gasteiger partial charge in [-0.05, 0) is 37.1 Å². The lowest BCUT2D eigenvalue weighted by molar-refractivity contribution is -0.137. The summed E-state index contributed by atoms with van der Waals surface area (Å²) in [6.45, 7) is 0. The van der Waals surface area contributed by atoms with Gasteiger partial charge in [-0.1, -0.05) is 31.4 Å². The Kier molecular flexibility index (Phi) is 5.88. The molecule has 1 aromatic carbocycles. The summed E-state index contributed by atoms with van der Waals surface area (Å²) < 4.78 is 44.1. The number of benzene rings is 1. The summed E-state index contributed by atoms with van der Waals surface area (Å²) in [6.07, 6.45) is 1.89. The SMILES string of the molecule is N#CC(=Cc1ccc(-c2cccc(C(F)(F)F)c2)o1)C(=O)NC1CCCCC1. The number of hydrogen-bond acceptors (Lipinski definition) is 3. The van der Waals surface area contributed by atoms with Gasteiger partial charge in [-0.15, -0.1) is 0 Å². The van der Waals surface area contributed by atoms with Gasteiger partial charge in [0.2, 0.25) is 0 Å². The molecule has 0 radical (unpaired) electrons. The van der Waals surface area contributed by atoms with Crippen LogP contribution in [0.3, 0.4) is 0 Å². The molecule has 0 aliphatic heterocycles. The maximum atomic E-state index is 12.9. The van der Waals surface area contributed by atoms with Crippen LogP contribution in [0.15, 0.2) is 46.4 Å². The van der Waals surface area contributed by atoms with Gasteiger partial charge in [0.25, 0.3) is 5.91 Å². The first-order chi connectivity index (χ1) is 13.4. The number of nitrogens with zero attached hydrogens (tertiary/aromatic N) is 1. The van der Waals surface area contributed by atoms with Crippen LogP contribution in [0.25, 0.3) is 17.4 Å². The molecule has 0 spiro atoms. The van der Waals surface area contributed by atoms with E-state index in [1.54, 1.807) is 0 Å². The van der Waals surface area contributed by atoms with Gasteiger partial charge >= 0.3 is 6.18 Å². The van der Waals surface area contributed by atoms with E-state index in [0.29, 0.717) is 0 Å². The van der Waals surface area contributed by atoms with E-state index in [-0.39, 0.29) is 28.7 Å². The molecule has 3 rings (SSSR count).